The van der Waals surface area contributed by atoms with Gasteiger partial charge in [0.2, 0.25) is 0 Å². The molecular formula is C98H108S2. The van der Waals surface area contributed by atoms with Crippen molar-refractivity contribution in [3.63, 3.8) is 0 Å². The zero-order chi connectivity index (χ0) is 68.4. The van der Waals surface area contributed by atoms with Gasteiger partial charge >= 0.3 is 0 Å². The molecule has 0 N–H and O–H groups in total. The normalized spacial score (nSPS) is 13.4. The summed E-state index contributed by atoms with van der Waals surface area (Å²) >= 11 is 3.93. The van der Waals surface area contributed by atoms with Crippen molar-refractivity contribution in [1.29, 1.82) is 0 Å². The van der Waals surface area contributed by atoms with Gasteiger partial charge in [-0.2, -0.15) is 0 Å². The van der Waals surface area contributed by atoms with Gasteiger partial charge in [-0.15, -0.1) is 22.7 Å². The highest BCUT2D eigenvalue weighted by Gasteiger charge is 2.44. The lowest BCUT2D eigenvalue weighted by molar-refractivity contribution is 0.398. The molecule has 0 atom stereocenters. The third-order valence-electron chi connectivity index (χ3n) is 23.4. The zero-order valence-electron chi connectivity index (χ0n) is 61.2. The predicted octanol–water partition coefficient (Wildman–Crippen LogP) is 31.4. The molecule has 10 aromatic carbocycles. The summed E-state index contributed by atoms with van der Waals surface area (Å²) in [6, 6.07) is 82.6. The molecule has 0 unspecified atom stereocenters. The van der Waals surface area contributed by atoms with Crippen LogP contribution in [0.3, 0.4) is 0 Å². The lowest BCUT2D eigenvalue weighted by atomic mass is 9.70. The van der Waals surface area contributed by atoms with Gasteiger partial charge in [0.05, 0.1) is 0 Å². The van der Waals surface area contributed by atoms with Gasteiger partial charge in [-0.25, -0.2) is 0 Å². The highest BCUT2D eigenvalue weighted by atomic mass is 32.1. The van der Waals surface area contributed by atoms with Crippen LogP contribution in [0.25, 0.3) is 119 Å². The molecule has 0 aliphatic heterocycles. The third kappa shape index (κ3) is 14.6. The minimum absolute atomic E-state index is 0.0361. The van der Waals surface area contributed by atoms with Crippen molar-refractivity contribution in [3.05, 3.63) is 239 Å². The highest BCUT2D eigenvalue weighted by Crippen LogP contribution is 2.58. The summed E-state index contributed by atoms with van der Waals surface area (Å²) in [5.41, 5.74) is 27.5. The molecule has 512 valence electrons. The number of thiophene rings is 2. The van der Waals surface area contributed by atoms with E-state index in [1.54, 1.807) is 22.3 Å². The van der Waals surface area contributed by atoms with Crippen molar-refractivity contribution >= 4 is 53.6 Å². The first kappa shape index (κ1) is 69.5. The van der Waals surface area contributed by atoms with E-state index in [-0.39, 0.29) is 10.8 Å². The van der Waals surface area contributed by atoms with Crippen LogP contribution in [0.5, 0.6) is 0 Å². The molecule has 12 aromatic rings. The lowest BCUT2D eigenvalue weighted by Crippen LogP contribution is -2.25. The maximum absolute atomic E-state index is 2.73. The average Bonchev–Trinajstić information content (AvgIpc) is 1.56. The number of hydrogen-bond donors (Lipinski definition) is 0. The first-order valence-corrected chi connectivity index (χ1v) is 41.2. The second kappa shape index (κ2) is 32.1. The Hall–Kier alpha value is -7.62. The van der Waals surface area contributed by atoms with Crippen LogP contribution < -0.4 is 0 Å². The van der Waals surface area contributed by atoms with E-state index in [9.17, 15) is 0 Å². The van der Waals surface area contributed by atoms with E-state index < -0.39 is 0 Å². The van der Waals surface area contributed by atoms with E-state index in [0.717, 1.165) is 0 Å². The molecule has 2 aromatic heterocycles. The topological polar surface area (TPSA) is 0 Å². The molecule has 0 amide bonds. The largest absolute Gasteiger partial charge is 0.140 e. The zero-order valence-corrected chi connectivity index (χ0v) is 62.9. The minimum Gasteiger partial charge on any atom is -0.140 e. The summed E-state index contributed by atoms with van der Waals surface area (Å²) in [5.74, 6) is 0. The number of unbranched alkanes of at least 4 members (excludes halogenated alkanes) is 20. The van der Waals surface area contributed by atoms with Crippen molar-refractivity contribution in [2.75, 3.05) is 0 Å². The Morgan fingerprint density at radius 3 is 1.03 bits per heavy atom. The molecule has 2 heteroatoms. The van der Waals surface area contributed by atoms with Gasteiger partial charge in [0.25, 0.3) is 0 Å². The Morgan fingerprint density at radius 2 is 0.590 bits per heavy atom. The first-order chi connectivity index (χ1) is 49.2. The quantitative estimate of drug-likeness (QED) is 0.0353. The van der Waals surface area contributed by atoms with Gasteiger partial charge in [-0.3, -0.25) is 0 Å². The molecule has 0 spiro atoms. The fraction of sp³-hybridized carbons (Fsp3) is 0.367. The van der Waals surface area contributed by atoms with Crippen LogP contribution in [0.2, 0.25) is 0 Å². The van der Waals surface area contributed by atoms with E-state index >= 15 is 0 Å². The summed E-state index contributed by atoms with van der Waals surface area (Å²) in [5, 5.41) is 5.09. The van der Waals surface area contributed by atoms with Crippen molar-refractivity contribution in [2.24, 2.45) is 0 Å². The van der Waals surface area contributed by atoms with Crippen LogP contribution in [0.4, 0.5) is 0 Å². The Balaban J connectivity index is 0.970. The summed E-state index contributed by atoms with van der Waals surface area (Å²) in [6.45, 7) is 14.0. The Bertz CT molecular complexity index is 4610. The summed E-state index contributed by atoms with van der Waals surface area (Å²) < 4.78 is 2.84. The number of benzene rings is 10. The fourth-order valence-electron chi connectivity index (χ4n) is 18.1. The Labute approximate surface area is 608 Å². The average molecular weight is 1350 g/mol. The van der Waals surface area contributed by atoms with E-state index in [0.29, 0.717) is 0 Å². The third-order valence-corrected chi connectivity index (χ3v) is 25.6. The molecule has 0 bridgehead atoms. The maximum Gasteiger partial charge on any atom is 0.0459 e. The van der Waals surface area contributed by atoms with Gasteiger partial charge in [0, 0.05) is 30.0 Å². The standard InChI is InChI=1S/C98H108S2/c1-7-11-15-19-23-31-53-97(54-32-24-20-16-12-8-2)90-57-69(5)45-49-86(90)87-50-46-73(65-91(87)97)76-59-77(61-78(60-76)79-62-80(84-43-35-39-71-37-27-29-41-82(71)84)64-81(63-79)85-44-36-40-72-38-28-30-42-83(72)85)74-47-51-88-89-52-48-75(94-68-96-95(100-94)58-70(6)99-96)67-93(89)98(92(88)66-74,55-33-25-21-17-13-9-3)56-34-26-22-18-14-10-4/h27-30,35-52,57-68H,7-26,31-34,53-56H2,1-6H3. The molecule has 0 radical (unpaired) electrons. The minimum atomic E-state index is -0.0965. The smallest absolute Gasteiger partial charge is 0.0459 e. The molecule has 2 aliphatic rings. The second-order valence-electron chi connectivity index (χ2n) is 30.4. The number of hydrogen-bond acceptors (Lipinski definition) is 2. The van der Waals surface area contributed by atoms with E-state index in [1.165, 1.54) is 309 Å². The van der Waals surface area contributed by atoms with Crippen LogP contribution in [-0.4, -0.2) is 0 Å². The number of fused-ring (bicyclic) bond motifs is 9. The van der Waals surface area contributed by atoms with E-state index in [1.807, 2.05) is 22.7 Å². The van der Waals surface area contributed by atoms with Gasteiger partial charge < -0.3 is 0 Å². The molecular weight excluding hydrogens is 1240 g/mol. The Kier molecular flexibility index (Phi) is 22.3. The first-order valence-electron chi connectivity index (χ1n) is 39.5. The second-order valence-corrected chi connectivity index (χ2v) is 32.8. The maximum atomic E-state index is 2.73. The molecule has 2 heterocycles. The van der Waals surface area contributed by atoms with Crippen LogP contribution in [0.15, 0.2) is 206 Å². The number of aryl methyl sites for hydroxylation is 2. The molecule has 2 aliphatic carbocycles. The monoisotopic (exact) mass is 1350 g/mol. The SMILES string of the molecule is CCCCCCCCC1(CCCCCCCC)c2cc(C)ccc2-c2ccc(-c3cc(-c4cc(-c5cccc6ccccc56)cc(-c5cccc6ccccc56)c4)cc(-c4ccc5c(c4)C(CCCCCCCC)(CCCCCCCC)c4cc(-c6cc7sc(C)cc7s6)ccc4-5)c3)cc21. The van der Waals surface area contributed by atoms with Crippen LogP contribution in [-0.2, 0) is 10.8 Å². The van der Waals surface area contributed by atoms with Crippen molar-refractivity contribution in [3.8, 4) is 88.3 Å². The fourth-order valence-corrected chi connectivity index (χ4v) is 20.4. The molecule has 14 rings (SSSR count). The molecule has 0 saturated heterocycles. The van der Waals surface area contributed by atoms with Crippen LogP contribution in [0.1, 0.15) is 240 Å². The van der Waals surface area contributed by atoms with Crippen LogP contribution >= 0.6 is 22.7 Å². The molecule has 0 nitrogen and oxygen atoms in total. The molecule has 100 heavy (non-hydrogen) atoms. The van der Waals surface area contributed by atoms with Gasteiger partial charge in [-0.1, -0.05) is 327 Å². The van der Waals surface area contributed by atoms with E-state index in [2.05, 4.69) is 248 Å². The Morgan fingerprint density at radius 1 is 0.250 bits per heavy atom. The predicted molar refractivity (Wildman–Crippen MR) is 441 cm³/mol. The number of rotatable bonds is 34. The van der Waals surface area contributed by atoms with Crippen molar-refractivity contribution in [1.82, 2.24) is 0 Å². The summed E-state index contributed by atoms with van der Waals surface area (Å²) in [4.78, 5) is 2.80. The summed E-state index contributed by atoms with van der Waals surface area (Å²) in [6.07, 6.45) is 36.1. The van der Waals surface area contributed by atoms with Crippen LogP contribution in [0, 0.1) is 13.8 Å². The van der Waals surface area contributed by atoms with Crippen molar-refractivity contribution < 1.29 is 0 Å². The highest BCUT2D eigenvalue weighted by molar-refractivity contribution is 7.29. The van der Waals surface area contributed by atoms with Gasteiger partial charge in [0.1, 0.15) is 0 Å². The molecule has 0 saturated carbocycles. The van der Waals surface area contributed by atoms with Crippen molar-refractivity contribution in [2.45, 2.75) is 232 Å². The van der Waals surface area contributed by atoms with E-state index in [4.69, 9.17) is 0 Å². The summed E-state index contributed by atoms with van der Waals surface area (Å²) in [7, 11) is 0. The molecule has 0 fully saturated rings. The van der Waals surface area contributed by atoms with Gasteiger partial charge in [0.15, 0.2) is 0 Å². The lowest BCUT2D eigenvalue weighted by Gasteiger charge is -2.33. The van der Waals surface area contributed by atoms with Gasteiger partial charge in [-0.05, 0) is 234 Å².